The van der Waals surface area contributed by atoms with Gasteiger partial charge in [-0.3, -0.25) is 9.59 Å². The van der Waals surface area contributed by atoms with Gasteiger partial charge in [-0.2, -0.15) is 0 Å². The van der Waals surface area contributed by atoms with Crippen molar-refractivity contribution in [1.82, 2.24) is 45.5 Å². The molecule has 0 radical (unpaired) electrons. The van der Waals surface area contributed by atoms with E-state index in [0.717, 1.165) is 79.0 Å². The van der Waals surface area contributed by atoms with E-state index in [0.29, 0.717) is 36.3 Å². The van der Waals surface area contributed by atoms with Crippen LogP contribution in [0.15, 0.2) is 60.8 Å². The number of benzene rings is 2. The molecular formula is C50H60N10O5S. The third-order valence-electron chi connectivity index (χ3n) is 14.1. The first-order valence-electron chi connectivity index (χ1n) is 23.3. The number of aromatic hydroxyl groups is 1. The number of fused-ring (bicyclic) bond motifs is 3. The van der Waals surface area contributed by atoms with Crippen molar-refractivity contribution < 1.29 is 24.6 Å². The lowest BCUT2D eigenvalue weighted by Gasteiger charge is -2.42. The van der Waals surface area contributed by atoms with Gasteiger partial charge in [0.15, 0.2) is 10.8 Å². The highest BCUT2D eigenvalue weighted by molar-refractivity contribution is 7.15. The largest absolute Gasteiger partial charge is 0.507 e. The molecule has 5 aromatic rings. The van der Waals surface area contributed by atoms with Crippen LogP contribution in [-0.2, 0) is 22.6 Å². The molecule has 4 amide bonds. The fourth-order valence-electron chi connectivity index (χ4n) is 10.3. The summed E-state index contributed by atoms with van der Waals surface area (Å²) in [5.74, 6) is 2.48. The van der Waals surface area contributed by atoms with E-state index < -0.39 is 23.6 Å². The number of likely N-dealkylation sites (tertiary alicyclic amines) is 3. The lowest BCUT2D eigenvalue weighted by atomic mass is 9.85. The Kier molecular flexibility index (Phi) is 12.8. The van der Waals surface area contributed by atoms with Gasteiger partial charge in [-0.05, 0) is 92.9 Å². The summed E-state index contributed by atoms with van der Waals surface area (Å²) in [6.07, 6.45) is 11.5. The van der Waals surface area contributed by atoms with Gasteiger partial charge in [0.25, 0.3) is 0 Å². The molecule has 0 spiro atoms. The quantitative estimate of drug-likeness (QED) is 0.111. The number of anilines is 1. The minimum Gasteiger partial charge on any atom is -0.507 e. The lowest BCUT2D eigenvalue weighted by Crippen LogP contribution is -2.60. The van der Waals surface area contributed by atoms with Gasteiger partial charge in [0.2, 0.25) is 11.8 Å². The number of β-amino-alcohol motifs (C(OH)–C–C–N with tert-alkyl or cyclic N) is 1. The number of piperidine rings is 2. The minimum absolute atomic E-state index is 0.0212. The Morgan fingerprint density at radius 1 is 1.00 bits per heavy atom. The molecule has 4 aliphatic rings. The zero-order chi connectivity index (χ0) is 46.3. The first kappa shape index (κ1) is 45.1. The molecule has 16 heteroatoms. The highest BCUT2D eigenvalue weighted by Gasteiger charge is 2.45. The molecule has 0 unspecified atom stereocenters. The number of phenolic OH excluding ortho intramolecular Hbond substituents is 1. The lowest BCUT2D eigenvalue weighted by molar-refractivity contribution is -0.142. The van der Waals surface area contributed by atoms with Gasteiger partial charge in [0, 0.05) is 90.5 Å². The second kappa shape index (κ2) is 18.7. The van der Waals surface area contributed by atoms with Crippen LogP contribution in [0.25, 0.3) is 22.3 Å². The van der Waals surface area contributed by atoms with Gasteiger partial charge in [0.1, 0.15) is 17.8 Å². The molecule has 3 saturated heterocycles. The Bertz CT molecular complexity index is 2620. The van der Waals surface area contributed by atoms with E-state index in [4.69, 9.17) is 11.4 Å². The number of phenols is 1. The number of aromatic amines is 1. The maximum atomic E-state index is 14.2. The zero-order valence-corrected chi connectivity index (χ0v) is 39.0. The summed E-state index contributed by atoms with van der Waals surface area (Å²) in [5.41, 5.74) is 5.40. The number of aliphatic hydroxyl groups excluding tert-OH is 1. The summed E-state index contributed by atoms with van der Waals surface area (Å²) in [4.78, 5) is 59.5. The van der Waals surface area contributed by atoms with Gasteiger partial charge < -0.3 is 45.4 Å². The second-order valence-corrected chi connectivity index (χ2v) is 20.5. The fraction of sp³-hybridized carbons (Fsp3) is 0.480. The van der Waals surface area contributed by atoms with Crippen LogP contribution in [0.2, 0.25) is 0 Å². The van der Waals surface area contributed by atoms with E-state index >= 15 is 0 Å². The van der Waals surface area contributed by atoms with Gasteiger partial charge in [0.05, 0.1) is 17.8 Å². The highest BCUT2D eigenvalue weighted by atomic mass is 32.1. The first-order valence-corrected chi connectivity index (χ1v) is 24.1. The Hall–Kier alpha value is -6.02. The van der Waals surface area contributed by atoms with Crippen LogP contribution < -0.4 is 15.5 Å². The number of para-hydroxylation sites is 1. The fourth-order valence-corrected chi connectivity index (χ4v) is 11.5. The van der Waals surface area contributed by atoms with E-state index in [1.807, 2.05) is 68.1 Å². The molecule has 2 aromatic carbocycles. The van der Waals surface area contributed by atoms with Crippen molar-refractivity contribution in [3.63, 3.8) is 0 Å². The number of urea groups is 1. The molecule has 0 bridgehead atoms. The highest BCUT2D eigenvalue weighted by Crippen LogP contribution is 2.42. The van der Waals surface area contributed by atoms with Gasteiger partial charge in [-0.15, -0.1) is 28.0 Å². The molecule has 5 N–H and O–H groups in total. The number of carbonyl (C=O) groups is 3. The number of nitrogens with zero attached hydrogens (tertiary/aromatic N) is 7. The van der Waals surface area contributed by atoms with Crippen LogP contribution in [0.4, 0.5) is 9.93 Å². The molecule has 4 aliphatic heterocycles. The summed E-state index contributed by atoms with van der Waals surface area (Å²) in [5, 5.41) is 38.1. The van der Waals surface area contributed by atoms with Crippen molar-refractivity contribution in [2.24, 2.45) is 5.41 Å². The van der Waals surface area contributed by atoms with Gasteiger partial charge in [-0.25, -0.2) is 9.78 Å². The van der Waals surface area contributed by atoms with Crippen LogP contribution in [-0.4, -0.2) is 126 Å². The Morgan fingerprint density at radius 2 is 1.74 bits per heavy atom. The van der Waals surface area contributed by atoms with Crippen molar-refractivity contribution >= 4 is 45.3 Å². The third-order valence-corrected chi connectivity index (χ3v) is 15.3. The van der Waals surface area contributed by atoms with Gasteiger partial charge in [-0.1, -0.05) is 51.0 Å². The maximum Gasteiger partial charge on any atom is 0.318 e. The number of amides is 4. The number of aromatic nitrogens is 4. The molecule has 346 valence electrons. The number of thiazole rings is 1. The van der Waals surface area contributed by atoms with Crippen molar-refractivity contribution in [3.8, 4) is 29.4 Å². The topological polar surface area (TPSA) is 183 Å². The summed E-state index contributed by atoms with van der Waals surface area (Å²) < 4.78 is 0. The molecule has 66 heavy (non-hydrogen) atoms. The predicted octanol–water partition coefficient (Wildman–Crippen LogP) is 5.94. The number of rotatable bonds is 9. The van der Waals surface area contributed by atoms with Crippen molar-refractivity contribution in [3.05, 3.63) is 88.1 Å². The average molecular weight is 913 g/mol. The molecule has 15 nitrogen and oxygen atoms in total. The smallest absolute Gasteiger partial charge is 0.318 e. The minimum atomic E-state index is -0.894. The maximum absolute atomic E-state index is 14.2. The zero-order valence-electron chi connectivity index (χ0n) is 38.2. The van der Waals surface area contributed by atoms with E-state index in [1.165, 1.54) is 21.0 Å². The van der Waals surface area contributed by atoms with E-state index in [2.05, 4.69) is 54.7 Å². The molecule has 0 saturated carbocycles. The third kappa shape index (κ3) is 9.21. The molecule has 4 atom stereocenters. The number of hydrogen-bond acceptors (Lipinski definition) is 11. The molecular weight excluding hydrogens is 853 g/mol. The summed E-state index contributed by atoms with van der Waals surface area (Å²) in [6.45, 7) is 12.2. The number of H-pyrrole nitrogens is 1. The molecule has 7 heterocycles. The summed E-state index contributed by atoms with van der Waals surface area (Å²) >= 11 is 1.80. The number of nitrogens with one attached hydrogen (secondary N) is 3. The molecule has 0 aliphatic carbocycles. The summed E-state index contributed by atoms with van der Waals surface area (Å²) in [6, 6.07) is 15.0. The Labute approximate surface area is 390 Å². The molecule has 3 fully saturated rings. The monoisotopic (exact) mass is 912 g/mol. The van der Waals surface area contributed by atoms with E-state index in [-0.39, 0.29) is 49.1 Å². The number of hydrogen-bond donors (Lipinski definition) is 5. The van der Waals surface area contributed by atoms with Crippen LogP contribution in [0.3, 0.4) is 0 Å². The second-order valence-electron chi connectivity index (χ2n) is 19.4. The predicted molar refractivity (Wildman–Crippen MR) is 255 cm³/mol. The normalized spacial score (nSPS) is 21.4. The van der Waals surface area contributed by atoms with Crippen LogP contribution >= 0.6 is 11.3 Å². The summed E-state index contributed by atoms with van der Waals surface area (Å²) in [7, 11) is 0. The number of terminal acetylenes is 1. The first-order chi connectivity index (χ1) is 31.7. The molecule has 3 aromatic heterocycles. The molecule has 9 rings (SSSR count). The standard InChI is InChI=1S/C50H60N10O5S/c1-6-31-11-13-32(14-12-31)27-51-46(63)40-25-35(61)29-60(40)47(64)44(50(3,4)5)54-48(65)58-22-17-34(18-23-58)57-20-15-33(16-21-57)42-28-52-49(66-42)59-24-19-38-43(30(59)2)37-26-39(55-56-45(37)53-38)36-9-7-8-10-41(36)62/h1,7-14,26,28,30,33-35,40,44,61-62H,15-25,27,29H2,2-5H3,(H,51,63)(H,53,56)(H,54,65)/t30-,35+,40-,44+/m0/s1. The van der Waals surface area contributed by atoms with Crippen LogP contribution in [0.5, 0.6) is 5.75 Å². The SMILES string of the molecule is C#Cc1ccc(CNC(=O)[C@@H]2C[C@@H](O)CN2C(=O)[C@@H](NC(=O)N2CCC(N3CCC(c4cnc(N5CCc6[nH]c7nnc(-c8ccccc8O)cc7c6[C@@H]5C)s4)CC3)CC2)C(C)(C)C)cc1. The Balaban J connectivity index is 0.766. The number of carbonyl (C=O) groups excluding carboxylic acids is 3. The van der Waals surface area contributed by atoms with E-state index in [1.54, 1.807) is 23.5 Å². The van der Waals surface area contributed by atoms with E-state index in [9.17, 15) is 24.6 Å². The average Bonchev–Trinajstić information content (AvgIpc) is 4.07. The van der Waals surface area contributed by atoms with Crippen molar-refractivity contribution in [2.75, 3.05) is 44.2 Å². The Morgan fingerprint density at radius 3 is 2.45 bits per heavy atom. The van der Waals surface area contributed by atoms with Crippen LogP contribution in [0.1, 0.15) is 99.0 Å². The van der Waals surface area contributed by atoms with Gasteiger partial charge >= 0.3 is 6.03 Å². The van der Waals surface area contributed by atoms with Crippen molar-refractivity contribution in [2.45, 2.75) is 109 Å². The van der Waals surface area contributed by atoms with Crippen LogP contribution in [0, 0.1) is 17.8 Å². The number of aliphatic hydroxyl groups is 1. The van der Waals surface area contributed by atoms with Crippen molar-refractivity contribution in [1.29, 1.82) is 0 Å².